The van der Waals surface area contributed by atoms with Gasteiger partial charge in [-0.1, -0.05) is 12.1 Å². The number of nitrogens with one attached hydrogen (secondary N) is 1. The third-order valence-corrected chi connectivity index (χ3v) is 4.39. The van der Waals surface area contributed by atoms with Gasteiger partial charge in [-0.15, -0.1) is 0 Å². The van der Waals surface area contributed by atoms with Crippen LogP contribution in [-0.4, -0.2) is 24.2 Å². The summed E-state index contributed by atoms with van der Waals surface area (Å²) in [4.78, 5) is 11.7. The number of amides is 1. The van der Waals surface area contributed by atoms with Gasteiger partial charge >= 0.3 is 7.12 Å². The molecule has 3 rings (SSSR count). The van der Waals surface area contributed by atoms with E-state index in [1.54, 1.807) is 0 Å². The van der Waals surface area contributed by atoms with Gasteiger partial charge in [0.25, 0.3) is 5.91 Å². The number of hydrogen-bond donors (Lipinski definition) is 1. The van der Waals surface area contributed by atoms with E-state index in [4.69, 9.17) is 9.31 Å². The molecular formula is C14H18BNO3. The van der Waals surface area contributed by atoms with Gasteiger partial charge in [0.2, 0.25) is 0 Å². The van der Waals surface area contributed by atoms with Crippen molar-refractivity contribution in [2.75, 3.05) is 0 Å². The molecule has 2 heterocycles. The lowest BCUT2D eigenvalue weighted by Gasteiger charge is -2.32. The zero-order valence-electron chi connectivity index (χ0n) is 11.7. The van der Waals surface area contributed by atoms with Crippen LogP contribution in [0.4, 0.5) is 0 Å². The van der Waals surface area contributed by atoms with Crippen molar-refractivity contribution >= 4 is 18.5 Å². The van der Waals surface area contributed by atoms with E-state index in [0.29, 0.717) is 6.54 Å². The molecule has 0 aliphatic carbocycles. The van der Waals surface area contributed by atoms with E-state index in [1.807, 2.05) is 45.9 Å². The molecule has 0 spiro atoms. The largest absolute Gasteiger partial charge is 0.495 e. The number of hydrogen-bond acceptors (Lipinski definition) is 3. The molecule has 0 atom stereocenters. The van der Waals surface area contributed by atoms with Crippen LogP contribution in [0.15, 0.2) is 18.2 Å². The monoisotopic (exact) mass is 259 g/mol. The smallest absolute Gasteiger partial charge is 0.399 e. The lowest BCUT2D eigenvalue weighted by molar-refractivity contribution is 0.00578. The number of rotatable bonds is 1. The van der Waals surface area contributed by atoms with Crippen LogP contribution in [0.1, 0.15) is 43.6 Å². The van der Waals surface area contributed by atoms with Gasteiger partial charge in [-0.25, -0.2) is 0 Å². The fraction of sp³-hybridized carbons (Fsp3) is 0.500. The number of carbonyl (C=O) groups excluding carboxylic acids is 1. The summed E-state index contributed by atoms with van der Waals surface area (Å²) < 4.78 is 12.1. The Hall–Kier alpha value is -1.33. The second-order valence-electron chi connectivity index (χ2n) is 6.14. The predicted octanol–water partition coefficient (Wildman–Crippen LogP) is 1.23. The average Bonchev–Trinajstić information content (AvgIpc) is 2.78. The first-order valence-electron chi connectivity index (χ1n) is 6.57. The Morgan fingerprint density at radius 1 is 1.16 bits per heavy atom. The van der Waals surface area contributed by atoms with Crippen LogP contribution in [0, 0.1) is 0 Å². The van der Waals surface area contributed by atoms with Crippen molar-refractivity contribution in [3.63, 3.8) is 0 Å². The van der Waals surface area contributed by atoms with Crippen molar-refractivity contribution in [1.29, 1.82) is 0 Å². The molecule has 100 valence electrons. The number of benzene rings is 1. The van der Waals surface area contributed by atoms with Gasteiger partial charge in [-0.2, -0.15) is 0 Å². The van der Waals surface area contributed by atoms with E-state index in [9.17, 15) is 4.79 Å². The summed E-state index contributed by atoms with van der Waals surface area (Å²) in [5.41, 5.74) is 1.94. The summed E-state index contributed by atoms with van der Waals surface area (Å²) in [6, 6.07) is 5.69. The minimum Gasteiger partial charge on any atom is -0.399 e. The Bertz CT molecular complexity index is 538. The van der Waals surface area contributed by atoms with Gasteiger partial charge in [0, 0.05) is 12.1 Å². The fourth-order valence-electron chi connectivity index (χ4n) is 2.47. The summed E-state index contributed by atoms with van der Waals surface area (Å²) in [5, 5.41) is 2.84. The summed E-state index contributed by atoms with van der Waals surface area (Å²) in [6.07, 6.45) is 0. The maximum Gasteiger partial charge on any atom is 0.495 e. The molecule has 2 aliphatic heterocycles. The summed E-state index contributed by atoms with van der Waals surface area (Å²) in [7, 11) is -0.410. The first-order chi connectivity index (χ1) is 8.82. The van der Waals surface area contributed by atoms with Gasteiger partial charge in [0.15, 0.2) is 0 Å². The molecule has 0 bridgehead atoms. The minimum atomic E-state index is -0.410. The van der Waals surface area contributed by atoms with Gasteiger partial charge < -0.3 is 14.6 Å². The standard InChI is InChI=1S/C14H18BNO3/c1-13(2)14(3,4)19-15(18-13)11-7-5-6-9-10(11)8-16-12(9)17/h5-7H,8H2,1-4H3,(H,16,17). The molecule has 0 aromatic heterocycles. The van der Waals surface area contributed by atoms with Gasteiger partial charge in [0.1, 0.15) is 0 Å². The third-order valence-electron chi connectivity index (χ3n) is 4.39. The molecule has 1 amide bonds. The number of fused-ring (bicyclic) bond motifs is 1. The molecule has 5 heteroatoms. The molecule has 0 radical (unpaired) electrons. The van der Waals surface area contributed by atoms with Crippen molar-refractivity contribution < 1.29 is 14.1 Å². The Balaban J connectivity index is 2.00. The second kappa shape index (κ2) is 3.84. The molecule has 19 heavy (non-hydrogen) atoms. The quantitative estimate of drug-likeness (QED) is 0.771. The zero-order valence-corrected chi connectivity index (χ0v) is 11.7. The van der Waals surface area contributed by atoms with E-state index in [0.717, 1.165) is 16.6 Å². The van der Waals surface area contributed by atoms with Crippen molar-refractivity contribution in [3.05, 3.63) is 29.3 Å². The fourth-order valence-corrected chi connectivity index (χ4v) is 2.47. The molecule has 1 aromatic carbocycles. The third kappa shape index (κ3) is 1.80. The van der Waals surface area contributed by atoms with E-state index in [1.165, 1.54) is 0 Å². The Labute approximate surface area is 113 Å². The molecule has 1 aromatic rings. The van der Waals surface area contributed by atoms with Crippen LogP contribution in [0.5, 0.6) is 0 Å². The van der Waals surface area contributed by atoms with E-state index < -0.39 is 7.12 Å². The normalized spacial score (nSPS) is 23.4. The van der Waals surface area contributed by atoms with Crippen LogP contribution in [0.3, 0.4) is 0 Å². The van der Waals surface area contributed by atoms with Crippen molar-refractivity contribution in [2.45, 2.75) is 45.4 Å². The highest BCUT2D eigenvalue weighted by Crippen LogP contribution is 2.37. The molecule has 2 aliphatic rings. The molecule has 1 saturated heterocycles. The predicted molar refractivity (Wildman–Crippen MR) is 73.3 cm³/mol. The Morgan fingerprint density at radius 3 is 2.42 bits per heavy atom. The second-order valence-corrected chi connectivity index (χ2v) is 6.14. The zero-order chi connectivity index (χ0) is 13.8. The molecule has 1 N–H and O–H groups in total. The highest BCUT2D eigenvalue weighted by Gasteiger charge is 2.52. The van der Waals surface area contributed by atoms with Gasteiger partial charge in [0.05, 0.1) is 11.2 Å². The van der Waals surface area contributed by atoms with Crippen LogP contribution < -0.4 is 10.8 Å². The minimum absolute atomic E-state index is 0.0200. The van der Waals surface area contributed by atoms with Crippen LogP contribution in [0.2, 0.25) is 0 Å². The summed E-state index contributed by atoms with van der Waals surface area (Å²) >= 11 is 0. The Kier molecular flexibility index (Phi) is 2.56. The number of carbonyl (C=O) groups is 1. The van der Waals surface area contributed by atoms with Crippen molar-refractivity contribution in [1.82, 2.24) is 5.32 Å². The lowest BCUT2D eigenvalue weighted by atomic mass is 9.75. The van der Waals surface area contributed by atoms with Crippen LogP contribution in [-0.2, 0) is 15.9 Å². The molecule has 1 fully saturated rings. The van der Waals surface area contributed by atoms with Gasteiger partial charge in [-0.3, -0.25) is 4.79 Å². The summed E-state index contributed by atoms with van der Waals surface area (Å²) in [6.45, 7) is 8.66. The highest BCUT2D eigenvalue weighted by molar-refractivity contribution is 6.62. The molecule has 0 unspecified atom stereocenters. The maximum absolute atomic E-state index is 11.7. The SMILES string of the molecule is CC1(C)OB(c2cccc3c2CNC3=O)OC1(C)C. The average molecular weight is 259 g/mol. The van der Waals surface area contributed by atoms with Crippen LogP contribution >= 0.6 is 0 Å². The lowest BCUT2D eigenvalue weighted by Crippen LogP contribution is -2.41. The highest BCUT2D eigenvalue weighted by atomic mass is 16.7. The van der Waals surface area contributed by atoms with E-state index in [2.05, 4.69) is 5.32 Å². The van der Waals surface area contributed by atoms with Gasteiger partial charge in [-0.05, 0) is 44.8 Å². The molecule has 4 nitrogen and oxygen atoms in total. The van der Waals surface area contributed by atoms with Crippen molar-refractivity contribution in [3.8, 4) is 0 Å². The first-order valence-corrected chi connectivity index (χ1v) is 6.57. The topological polar surface area (TPSA) is 47.6 Å². The van der Waals surface area contributed by atoms with Crippen molar-refractivity contribution in [2.24, 2.45) is 0 Å². The Morgan fingerprint density at radius 2 is 1.79 bits per heavy atom. The molecule has 0 saturated carbocycles. The summed E-state index contributed by atoms with van der Waals surface area (Å²) in [5.74, 6) is -0.0200. The maximum atomic E-state index is 11.7. The van der Waals surface area contributed by atoms with E-state index in [-0.39, 0.29) is 17.1 Å². The first kappa shape index (κ1) is 12.7. The van der Waals surface area contributed by atoms with Crippen LogP contribution in [0.25, 0.3) is 0 Å². The van der Waals surface area contributed by atoms with E-state index >= 15 is 0 Å². The molecular weight excluding hydrogens is 241 g/mol.